The summed E-state index contributed by atoms with van der Waals surface area (Å²) in [5.41, 5.74) is 8.12. The molecule has 19 heavy (non-hydrogen) atoms. The van der Waals surface area contributed by atoms with E-state index in [4.69, 9.17) is 10.8 Å². The Hall–Kier alpha value is -1.55. The van der Waals surface area contributed by atoms with Gasteiger partial charge in [0, 0.05) is 30.4 Å². The van der Waals surface area contributed by atoms with Gasteiger partial charge in [-0.1, -0.05) is 0 Å². The lowest BCUT2D eigenvalue weighted by Crippen LogP contribution is -2.35. The van der Waals surface area contributed by atoms with E-state index in [1.807, 2.05) is 24.0 Å². The highest BCUT2D eigenvalue weighted by atomic mass is 16.3. The quantitative estimate of drug-likeness (QED) is 0.815. The van der Waals surface area contributed by atoms with Crippen LogP contribution in [0.5, 0.6) is 0 Å². The van der Waals surface area contributed by atoms with Crippen molar-refractivity contribution in [1.82, 2.24) is 4.90 Å². The first kappa shape index (κ1) is 13.9. The topological polar surface area (TPSA) is 66.6 Å². The van der Waals surface area contributed by atoms with Crippen LogP contribution in [0.15, 0.2) is 18.2 Å². The molecule has 0 spiro atoms. The fraction of sp³-hybridized carbons (Fsp3) is 0.533. The number of hydrogen-bond donors (Lipinski definition) is 2. The number of anilines is 1. The number of carbonyl (C=O) groups is 1. The number of nitrogens with two attached hydrogens (primary N) is 1. The van der Waals surface area contributed by atoms with E-state index >= 15 is 0 Å². The van der Waals surface area contributed by atoms with E-state index < -0.39 is 0 Å². The van der Waals surface area contributed by atoms with Crippen LogP contribution in [0.25, 0.3) is 0 Å². The van der Waals surface area contributed by atoms with Crippen molar-refractivity contribution in [2.75, 3.05) is 18.9 Å². The maximum atomic E-state index is 12.5. The summed E-state index contributed by atoms with van der Waals surface area (Å²) in [6.45, 7) is 2.94. The van der Waals surface area contributed by atoms with Gasteiger partial charge in [-0.2, -0.15) is 0 Å². The number of rotatable bonds is 4. The maximum Gasteiger partial charge on any atom is 0.254 e. The predicted molar refractivity (Wildman–Crippen MR) is 76.0 cm³/mol. The zero-order valence-corrected chi connectivity index (χ0v) is 11.4. The summed E-state index contributed by atoms with van der Waals surface area (Å²) in [5, 5.41) is 8.92. The van der Waals surface area contributed by atoms with Crippen LogP contribution >= 0.6 is 0 Å². The molecule has 4 nitrogen and oxygen atoms in total. The van der Waals surface area contributed by atoms with Gasteiger partial charge in [0.2, 0.25) is 0 Å². The summed E-state index contributed by atoms with van der Waals surface area (Å²) in [6.07, 6.45) is 3.71. The number of hydrogen-bond acceptors (Lipinski definition) is 3. The van der Waals surface area contributed by atoms with Gasteiger partial charge in [-0.15, -0.1) is 0 Å². The van der Waals surface area contributed by atoms with Crippen LogP contribution in [0.3, 0.4) is 0 Å². The molecule has 0 aliphatic carbocycles. The molecule has 0 saturated carbocycles. The van der Waals surface area contributed by atoms with Crippen molar-refractivity contribution in [3.05, 3.63) is 29.3 Å². The van der Waals surface area contributed by atoms with E-state index in [0.717, 1.165) is 37.8 Å². The molecule has 0 aromatic heterocycles. The Kier molecular flexibility index (Phi) is 4.43. The van der Waals surface area contributed by atoms with Gasteiger partial charge in [0.05, 0.1) is 0 Å². The summed E-state index contributed by atoms with van der Waals surface area (Å²) in [6, 6.07) is 5.77. The van der Waals surface area contributed by atoms with E-state index in [1.165, 1.54) is 0 Å². The molecule has 1 aliphatic rings. The third-order valence-electron chi connectivity index (χ3n) is 3.68. The van der Waals surface area contributed by atoms with Gasteiger partial charge in [-0.25, -0.2) is 0 Å². The van der Waals surface area contributed by atoms with E-state index in [0.29, 0.717) is 11.3 Å². The highest BCUT2D eigenvalue weighted by molar-refractivity contribution is 5.95. The number of benzene rings is 1. The molecular weight excluding hydrogens is 240 g/mol. The highest BCUT2D eigenvalue weighted by Crippen LogP contribution is 2.24. The van der Waals surface area contributed by atoms with Crippen LogP contribution in [-0.4, -0.2) is 35.1 Å². The molecule has 2 rings (SSSR count). The van der Waals surface area contributed by atoms with E-state index in [-0.39, 0.29) is 18.6 Å². The Bertz CT molecular complexity index is 439. The van der Waals surface area contributed by atoms with Crippen LogP contribution in [0.2, 0.25) is 0 Å². The van der Waals surface area contributed by atoms with Crippen molar-refractivity contribution in [1.29, 1.82) is 0 Å². The van der Waals surface area contributed by atoms with Gasteiger partial charge in [0.1, 0.15) is 0 Å². The number of amides is 1. The molecule has 1 aromatic carbocycles. The third-order valence-corrected chi connectivity index (χ3v) is 3.68. The lowest BCUT2D eigenvalue weighted by molar-refractivity contribution is 0.0724. The molecule has 1 unspecified atom stereocenters. The summed E-state index contributed by atoms with van der Waals surface area (Å²) in [7, 11) is 0. The fourth-order valence-electron chi connectivity index (χ4n) is 2.83. The molecule has 1 heterocycles. The van der Waals surface area contributed by atoms with E-state index in [1.54, 1.807) is 6.07 Å². The molecule has 1 amide bonds. The predicted octanol–water partition coefficient (Wildman–Crippen LogP) is 1.95. The summed E-state index contributed by atoms with van der Waals surface area (Å²) in [4.78, 5) is 14.5. The fourth-order valence-corrected chi connectivity index (χ4v) is 2.83. The van der Waals surface area contributed by atoms with Gasteiger partial charge < -0.3 is 15.7 Å². The van der Waals surface area contributed by atoms with Crippen molar-refractivity contribution in [2.24, 2.45) is 0 Å². The van der Waals surface area contributed by atoms with Crippen LogP contribution in [0.4, 0.5) is 5.69 Å². The van der Waals surface area contributed by atoms with Crippen LogP contribution in [-0.2, 0) is 0 Å². The van der Waals surface area contributed by atoms with Crippen molar-refractivity contribution in [3.63, 3.8) is 0 Å². The SMILES string of the molecule is Cc1cc(N)cc(C(=O)N2CCCC2CCCO)c1. The Morgan fingerprint density at radius 2 is 2.26 bits per heavy atom. The molecule has 1 fully saturated rings. The van der Waals surface area contributed by atoms with Crippen LogP contribution < -0.4 is 5.73 Å². The van der Waals surface area contributed by atoms with Gasteiger partial charge in [0.25, 0.3) is 5.91 Å². The number of aliphatic hydroxyl groups is 1. The standard InChI is InChI=1S/C15H22N2O2/c1-11-8-12(10-13(16)9-11)15(19)17-6-2-4-14(17)5-3-7-18/h8-10,14,18H,2-7,16H2,1H3. The number of aryl methyl sites for hydroxylation is 1. The first-order chi connectivity index (χ1) is 9.11. The number of nitrogen functional groups attached to an aromatic ring is 1. The minimum atomic E-state index is 0.0656. The Morgan fingerprint density at radius 3 is 2.95 bits per heavy atom. The molecule has 4 heteroatoms. The van der Waals surface area contributed by atoms with Crippen LogP contribution in [0.1, 0.15) is 41.6 Å². The highest BCUT2D eigenvalue weighted by Gasteiger charge is 2.28. The normalized spacial score (nSPS) is 18.8. The zero-order valence-electron chi connectivity index (χ0n) is 11.4. The lowest BCUT2D eigenvalue weighted by Gasteiger charge is -2.25. The second-order valence-electron chi connectivity index (χ2n) is 5.29. The zero-order chi connectivity index (χ0) is 13.8. The number of aliphatic hydroxyl groups excluding tert-OH is 1. The first-order valence-corrected chi connectivity index (χ1v) is 6.91. The van der Waals surface area contributed by atoms with Gasteiger partial charge in [-0.05, 0) is 56.4 Å². The Labute approximate surface area is 114 Å². The van der Waals surface area contributed by atoms with Crippen LogP contribution in [0, 0.1) is 6.92 Å². The van der Waals surface area contributed by atoms with Gasteiger partial charge >= 0.3 is 0 Å². The van der Waals surface area contributed by atoms with E-state index in [9.17, 15) is 4.79 Å². The smallest absolute Gasteiger partial charge is 0.254 e. The minimum Gasteiger partial charge on any atom is -0.399 e. The van der Waals surface area contributed by atoms with Gasteiger partial charge in [-0.3, -0.25) is 4.79 Å². The largest absolute Gasteiger partial charge is 0.399 e. The lowest BCUT2D eigenvalue weighted by atomic mass is 10.1. The molecule has 1 aliphatic heterocycles. The number of likely N-dealkylation sites (tertiary alicyclic amines) is 1. The average Bonchev–Trinajstić information content (AvgIpc) is 2.82. The summed E-state index contributed by atoms with van der Waals surface area (Å²) in [5.74, 6) is 0.0656. The molecule has 104 valence electrons. The second kappa shape index (κ2) is 6.06. The third kappa shape index (κ3) is 3.26. The molecule has 3 N–H and O–H groups in total. The van der Waals surface area contributed by atoms with Crippen molar-refractivity contribution >= 4 is 11.6 Å². The first-order valence-electron chi connectivity index (χ1n) is 6.91. The van der Waals surface area contributed by atoms with Crippen molar-refractivity contribution in [2.45, 2.75) is 38.6 Å². The molecule has 1 aromatic rings. The Morgan fingerprint density at radius 1 is 1.47 bits per heavy atom. The average molecular weight is 262 g/mol. The number of nitrogens with zero attached hydrogens (tertiary/aromatic N) is 1. The van der Waals surface area contributed by atoms with Gasteiger partial charge in [0.15, 0.2) is 0 Å². The Balaban J connectivity index is 2.13. The minimum absolute atomic E-state index is 0.0656. The monoisotopic (exact) mass is 262 g/mol. The molecule has 0 bridgehead atoms. The molecule has 0 radical (unpaired) electrons. The van der Waals surface area contributed by atoms with Crippen molar-refractivity contribution in [3.8, 4) is 0 Å². The molecular formula is C15H22N2O2. The summed E-state index contributed by atoms with van der Waals surface area (Å²) >= 11 is 0. The second-order valence-corrected chi connectivity index (χ2v) is 5.29. The summed E-state index contributed by atoms with van der Waals surface area (Å²) < 4.78 is 0. The van der Waals surface area contributed by atoms with E-state index in [2.05, 4.69) is 0 Å². The molecule has 1 atom stereocenters. The number of carbonyl (C=O) groups excluding carboxylic acids is 1. The van der Waals surface area contributed by atoms with Crippen molar-refractivity contribution < 1.29 is 9.90 Å². The maximum absolute atomic E-state index is 12.5. The molecule has 1 saturated heterocycles.